The van der Waals surface area contributed by atoms with Crippen molar-refractivity contribution in [1.82, 2.24) is 10.3 Å². The van der Waals surface area contributed by atoms with Crippen molar-refractivity contribution in [3.63, 3.8) is 0 Å². The Balaban J connectivity index is 2.22. The largest absolute Gasteiger partial charge is 0.394 e. The van der Waals surface area contributed by atoms with E-state index < -0.39 is 5.54 Å². The summed E-state index contributed by atoms with van der Waals surface area (Å²) in [5.41, 5.74) is 0.357. The molecule has 0 radical (unpaired) electrons. The number of carbonyl (C=O) groups excluding carboxylic acids is 1. The summed E-state index contributed by atoms with van der Waals surface area (Å²) in [5, 5.41) is 12.4. The maximum atomic E-state index is 12.1. The first-order chi connectivity index (χ1) is 9.15. The number of hydrogen-bond acceptors (Lipinski definition) is 3. The standard InChI is InChI=1S/C15H16N2O2/c1-15(11-18,12-7-3-2-4-8-12)17-14(19)13-9-5-6-10-16-13/h2-10,18H,11H2,1H3,(H,17,19). The average molecular weight is 256 g/mol. The van der Waals surface area contributed by atoms with E-state index in [4.69, 9.17) is 0 Å². The highest BCUT2D eigenvalue weighted by atomic mass is 16.3. The summed E-state index contributed by atoms with van der Waals surface area (Å²) < 4.78 is 0. The molecule has 0 aliphatic heterocycles. The molecule has 0 saturated carbocycles. The zero-order valence-electron chi connectivity index (χ0n) is 10.7. The van der Waals surface area contributed by atoms with Crippen molar-refractivity contribution >= 4 is 5.91 Å². The van der Waals surface area contributed by atoms with Crippen molar-refractivity contribution in [1.29, 1.82) is 0 Å². The number of pyridine rings is 1. The Hall–Kier alpha value is -2.20. The number of rotatable bonds is 4. The van der Waals surface area contributed by atoms with E-state index in [0.717, 1.165) is 5.56 Å². The minimum Gasteiger partial charge on any atom is -0.394 e. The molecule has 0 aliphatic carbocycles. The van der Waals surface area contributed by atoms with Crippen LogP contribution in [-0.2, 0) is 5.54 Å². The maximum absolute atomic E-state index is 12.1. The lowest BCUT2D eigenvalue weighted by molar-refractivity contribution is 0.0844. The molecular formula is C15H16N2O2. The fraction of sp³-hybridized carbons (Fsp3) is 0.200. The van der Waals surface area contributed by atoms with Crippen LogP contribution in [0.25, 0.3) is 0 Å². The Bertz CT molecular complexity index is 543. The Labute approximate surface area is 112 Å². The van der Waals surface area contributed by atoms with E-state index in [-0.39, 0.29) is 12.5 Å². The molecule has 1 aromatic heterocycles. The second kappa shape index (κ2) is 5.63. The number of aliphatic hydroxyl groups excluding tert-OH is 1. The maximum Gasteiger partial charge on any atom is 0.270 e. The van der Waals surface area contributed by atoms with Crippen LogP contribution in [0.4, 0.5) is 0 Å². The molecule has 0 saturated heterocycles. The van der Waals surface area contributed by atoms with E-state index in [9.17, 15) is 9.90 Å². The van der Waals surface area contributed by atoms with Gasteiger partial charge in [0.05, 0.1) is 12.1 Å². The van der Waals surface area contributed by atoms with Gasteiger partial charge in [-0.1, -0.05) is 36.4 Å². The van der Waals surface area contributed by atoms with Crippen LogP contribution in [0.15, 0.2) is 54.7 Å². The Morgan fingerprint density at radius 2 is 1.89 bits per heavy atom. The van der Waals surface area contributed by atoms with Crippen LogP contribution >= 0.6 is 0 Å². The lowest BCUT2D eigenvalue weighted by atomic mass is 9.92. The topological polar surface area (TPSA) is 62.2 Å². The summed E-state index contributed by atoms with van der Waals surface area (Å²) >= 11 is 0. The SMILES string of the molecule is CC(CO)(NC(=O)c1ccccn1)c1ccccc1. The molecule has 4 nitrogen and oxygen atoms in total. The average Bonchev–Trinajstić information content (AvgIpc) is 2.49. The van der Waals surface area contributed by atoms with E-state index in [2.05, 4.69) is 10.3 Å². The smallest absolute Gasteiger partial charge is 0.270 e. The molecule has 1 aromatic carbocycles. The van der Waals surface area contributed by atoms with Gasteiger partial charge in [0.15, 0.2) is 0 Å². The number of carbonyl (C=O) groups is 1. The zero-order valence-corrected chi connectivity index (χ0v) is 10.7. The molecular weight excluding hydrogens is 240 g/mol. The second-order valence-corrected chi connectivity index (χ2v) is 4.53. The predicted octanol–water partition coefficient (Wildman–Crippen LogP) is 1.72. The van der Waals surface area contributed by atoms with Gasteiger partial charge in [-0.25, -0.2) is 0 Å². The zero-order chi connectivity index (χ0) is 13.7. The Morgan fingerprint density at radius 3 is 2.47 bits per heavy atom. The summed E-state index contributed by atoms with van der Waals surface area (Å²) in [6, 6.07) is 14.5. The quantitative estimate of drug-likeness (QED) is 0.875. The molecule has 98 valence electrons. The third-order valence-electron chi connectivity index (χ3n) is 3.01. The number of benzene rings is 1. The number of aromatic nitrogens is 1. The van der Waals surface area contributed by atoms with Gasteiger partial charge in [0.1, 0.15) is 5.69 Å². The molecule has 1 heterocycles. The number of amides is 1. The first-order valence-corrected chi connectivity index (χ1v) is 6.06. The summed E-state index contributed by atoms with van der Waals surface area (Å²) in [4.78, 5) is 16.1. The van der Waals surface area contributed by atoms with Gasteiger partial charge in [-0.15, -0.1) is 0 Å². The van der Waals surface area contributed by atoms with Crippen molar-refractivity contribution in [2.45, 2.75) is 12.5 Å². The normalized spacial score (nSPS) is 13.6. The third-order valence-corrected chi connectivity index (χ3v) is 3.01. The number of hydrogen-bond donors (Lipinski definition) is 2. The van der Waals surface area contributed by atoms with Crippen LogP contribution in [-0.4, -0.2) is 22.6 Å². The molecule has 2 aromatic rings. The molecule has 0 aliphatic rings. The second-order valence-electron chi connectivity index (χ2n) is 4.53. The summed E-state index contributed by atoms with van der Waals surface area (Å²) in [5.74, 6) is -0.305. The molecule has 19 heavy (non-hydrogen) atoms. The molecule has 4 heteroatoms. The van der Waals surface area contributed by atoms with Gasteiger partial charge in [0.25, 0.3) is 5.91 Å². The summed E-state index contributed by atoms with van der Waals surface area (Å²) in [6.07, 6.45) is 1.56. The van der Waals surface area contributed by atoms with Gasteiger partial charge < -0.3 is 10.4 Å². The van der Waals surface area contributed by atoms with Crippen LogP contribution in [0.2, 0.25) is 0 Å². The van der Waals surface area contributed by atoms with E-state index in [1.807, 2.05) is 30.3 Å². The highest BCUT2D eigenvalue weighted by Crippen LogP contribution is 2.20. The molecule has 1 unspecified atom stereocenters. The van der Waals surface area contributed by atoms with Crippen LogP contribution in [0.5, 0.6) is 0 Å². The van der Waals surface area contributed by atoms with Gasteiger partial charge in [0.2, 0.25) is 0 Å². The minimum atomic E-state index is -0.824. The van der Waals surface area contributed by atoms with Crippen LogP contribution in [0.3, 0.4) is 0 Å². The minimum absolute atomic E-state index is 0.185. The van der Waals surface area contributed by atoms with Crippen molar-refractivity contribution in [2.24, 2.45) is 0 Å². The fourth-order valence-electron chi connectivity index (χ4n) is 1.82. The highest BCUT2D eigenvalue weighted by molar-refractivity contribution is 5.92. The number of nitrogens with zero attached hydrogens (tertiary/aromatic N) is 1. The molecule has 1 atom stereocenters. The van der Waals surface area contributed by atoms with Gasteiger partial charge in [-0.05, 0) is 24.6 Å². The third kappa shape index (κ3) is 2.98. The van der Waals surface area contributed by atoms with E-state index in [1.165, 1.54) is 0 Å². The van der Waals surface area contributed by atoms with Crippen LogP contribution in [0.1, 0.15) is 23.0 Å². The monoisotopic (exact) mass is 256 g/mol. The fourth-order valence-corrected chi connectivity index (χ4v) is 1.82. The van der Waals surface area contributed by atoms with Crippen molar-refractivity contribution in [3.8, 4) is 0 Å². The van der Waals surface area contributed by atoms with Crippen molar-refractivity contribution in [2.75, 3.05) is 6.61 Å². The molecule has 0 spiro atoms. The first-order valence-electron chi connectivity index (χ1n) is 6.06. The predicted molar refractivity (Wildman–Crippen MR) is 72.6 cm³/mol. The summed E-state index contributed by atoms with van der Waals surface area (Å²) in [7, 11) is 0. The van der Waals surface area contributed by atoms with Gasteiger partial charge in [0, 0.05) is 6.20 Å². The molecule has 2 N–H and O–H groups in total. The van der Waals surface area contributed by atoms with Gasteiger partial charge >= 0.3 is 0 Å². The van der Waals surface area contributed by atoms with Crippen molar-refractivity contribution < 1.29 is 9.90 Å². The molecule has 1 amide bonds. The van der Waals surface area contributed by atoms with E-state index >= 15 is 0 Å². The summed E-state index contributed by atoms with van der Waals surface area (Å²) in [6.45, 7) is 1.60. The van der Waals surface area contributed by atoms with E-state index in [1.54, 1.807) is 31.3 Å². The lowest BCUT2D eigenvalue weighted by Gasteiger charge is -2.29. The number of nitrogens with one attached hydrogen (secondary N) is 1. The number of aliphatic hydroxyl groups is 1. The first kappa shape index (κ1) is 13.2. The highest BCUT2D eigenvalue weighted by Gasteiger charge is 2.28. The van der Waals surface area contributed by atoms with Crippen LogP contribution < -0.4 is 5.32 Å². The van der Waals surface area contributed by atoms with Crippen LogP contribution in [0, 0.1) is 0 Å². The van der Waals surface area contributed by atoms with Gasteiger partial charge in [-0.2, -0.15) is 0 Å². The Morgan fingerprint density at radius 1 is 1.21 bits per heavy atom. The molecule has 2 rings (SSSR count). The van der Waals surface area contributed by atoms with Gasteiger partial charge in [-0.3, -0.25) is 9.78 Å². The van der Waals surface area contributed by atoms with Crippen molar-refractivity contribution in [3.05, 3.63) is 66.0 Å². The molecule has 0 fully saturated rings. The molecule has 0 bridgehead atoms. The Kier molecular flexibility index (Phi) is 3.92. The lowest BCUT2D eigenvalue weighted by Crippen LogP contribution is -2.46. The van der Waals surface area contributed by atoms with E-state index in [0.29, 0.717) is 5.69 Å².